The van der Waals surface area contributed by atoms with Gasteiger partial charge in [0.2, 0.25) is 5.13 Å². The van der Waals surface area contributed by atoms with Crippen LogP contribution in [0.1, 0.15) is 29.2 Å². The smallest absolute Gasteiger partial charge is 0.208 e. The van der Waals surface area contributed by atoms with Crippen LogP contribution in [0.4, 0.5) is 5.13 Å². The number of aromatic nitrogens is 2. The minimum Gasteiger partial charge on any atom is -0.367 e. The third-order valence-corrected chi connectivity index (χ3v) is 6.11. The summed E-state index contributed by atoms with van der Waals surface area (Å²) in [6, 6.07) is 10.0. The summed E-state index contributed by atoms with van der Waals surface area (Å²) >= 11 is 9.31. The van der Waals surface area contributed by atoms with E-state index in [1.807, 2.05) is 24.3 Å². The SMILES string of the molecule is CC1CN(c2nnc(Cc3ccc(Cl)cc3)s2)CC(c2ccsc2)O1. The van der Waals surface area contributed by atoms with Crippen LogP contribution in [0.5, 0.6) is 0 Å². The first-order valence-corrected chi connectivity index (χ1v) is 10.3. The molecule has 0 amide bonds. The largest absolute Gasteiger partial charge is 0.367 e. The average molecular weight is 392 g/mol. The Bertz CT molecular complexity index is 819. The number of hydrogen-bond acceptors (Lipinski definition) is 6. The second-order valence-electron chi connectivity index (χ2n) is 6.18. The van der Waals surface area contributed by atoms with E-state index in [1.54, 1.807) is 22.7 Å². The number of hydrogen-bond donors (Lipinski definition) is 0. The predicted molar refractivity (Wildman–Crippen MR) is 104 cm³/mol. The van der Waals surface area contributed by atoms with Gasteiger partial charge in [-0.2, -0.15) is 11.3 Å². The topological polar surface area (TPSA) is 38.2 Å². The zero-order valence-electron chi connectivity index (χ0n) is 13.8. The Labute approximate surface area is 160 Å². The Morgan fingerprint density at radius 2 is 2.04 bits per heavy atom. The molecule has 3 heterocycles. The third kappa shape index (κ3) is 4.03. The molecule has 1 fully saturated rings. The number of halogens is 1. The fourth-order valence-corrected chi connectivity index (χ4v) is 4.69. The Kier molecular flexibility index (Phi) is 5.03. The lowest BCUT2D eigenvalue weighted by Gasteiger charge is -2.36. The lowest BCUT2D eigenvalue weighted by atomic mass is 10.1. The summed E-state index contributed by atoms with van der Waals surface area (Å²) in [5, 5.41) is 15.8. The van der Waals surface area contributed by atoms with Gasteiger partial charge in [0.15, 0.2) is 0 Å². The van der Waals surface area contributed by atoms with Crippen LogP contribution in [0, 0.1) is 0 Å². The molecule has 0 saturated carbocycles. The molecule has 7 heteroatoms. The number of ether oxygens (including phenoxy) is 1. The molecule has 25 heavy (non-hydrogen) atoms. The quantitative estimate of drug-likeness (QED) is 0.639. The van der Waals surface area contributed by atoms with Gasteiger partial charge in [0.25, 0.3) is 0 Å². The van der Waals surface area contributed by atoms with Crippen LogP contribution >= 0.6 is 34.3 Å². The second-order valence-corrected chi connectivity index (χ2v) is 8.44. The van der Waals surface area contributed by atoms with Gasteiger partial charge in [-0.1, -0.05) is 35.1 Å². The minimum absolute atomic E-state index is 0.0959. The molecule has 0 bridgehead atoms. The summed E-state index contributed by atoms with van der Waals surface area (Å²) in [5.41, 5.74) is 2.44. The van der Waals surface area contributed by atoms with Gasteiger partial charge in [-0.15, -0.1) is 10.2 Å². The van der Waals surface area contributed by atoms with Crippen LogP contribution in [0.25, 0.3) is 0 Å². The maximum Gasteiger partial charge on any atom is 0.208 e. The molecule has 1 aromatic carbocycles. The second kappa shape index (κ2) is 7.41. The molecule has 2 unspecified atom stereocenters. The highest BCUT2D eigenvalue weighted by Gasteiger charge is 2.28. The van der Waals surface area contributed by atoms with Crippen LogP contribution in [0.15, 0.2) is 41.1 Å². The third-order valence-electron chi connectivity index (χ3n) is 4.17. The van der Waals surface area contributed by atoms with Crippen molar-refractivity contribution < 1.29 is 4.74 Å². The fraction of sp³-hybridized carbons (Fsp3) is 0.333. The molecule has 0 N–H and O–H groups in total. The molecule has 1 aliphatic heterocycles. The van der Waals surface area contributed by atoms with Crippen molar-refractivity contribution in [2.75, 3.05) is 18.0 Å². The molecule has 4 nitrogen and oxygen atoms in total. The number of thiophene rings is 1. The highest BCUT2D eigenvalue weighted by Crippen LogP contribution is 2.31. The van der Waals surface area contributed by atoms with Crippen LogP contribution in [-0.4, -0.2) is 29.4 Å². The number of benzene rings is 1. The highest BCUT2D eigenvalue weighted by molar-refractivity contribution is 7.15. The summed E-state index contributed by atoms with van der Waals surface area (Å²) in [4.78, 5) is 2.29. The van der Waals surface area contributed by atoms with E-state index in [0.29, 0.717) is 0 Å². The van der Waals surface area contributed by atoms with E-state index >= 15 is 0 Å². The van der Waals surface area contributed by atoms with Crippen molar-refractivity contribution in [3.8, 4) is 0 Å². The van der Waals surface area contributed by atoms with Gasteiger partial charge < -0.3 is 9.64 Å². The van der Waals surface area contributed by atoms with Crippen molar-refractivity contribution in [3.05, 3.63) is 62.2 Å². The van der Waals surface area contributed by atoms with E-state index in [9.17, 15) is 0 Å². The van der Waals surface area contributed by atoms with Crippen LogP contribution < -0.4 is 4.90 Å². The molecular formula is C18H18ClN3OS2. The molecule has 0 aliphatic carbocycles. The van der Waals surface area contributed by atoms with Crippen LogP contribution in [-0.2, 0) is 11.2 Å². The number of nitrogens with zero attached hydrogens (tertiary/aromatic N) is 3. The Morgan fingerprint density at radius 1 is 1.20 bits per heavy atom. The van der Waals surface area contributed by atoms with Gasteiger partial charge in [0, 0.05) is 18.0 Å². The van der Waals surface area contributed by atoms with Gasteiger partial charge in [0.1, 0.15) is 11.1 Å². The minimum atomic E-state index is 0.0959. The molecule has 2 aromatic heterocycles. The summed E-state index contributed by atoms with van der Waals surface area (Å²) in [6.45, 7) is 3.77. The fourth-order valence-electron chi connectivity index (χ4n) is 2.97. The molecule has 2 atom stereocenters. The molecule has 4 rings (SSSR count). The van der Waals surface area contributed by atoms with Crippen LogP contribution in [0.2, 0.25) is 5.02 Å². The predicted octanol–water partition coefficient (Wildman–Crippen LogP) is 4.81. The molecule has 3 aromatic rings. The van der Waals surface area contributed by atoms with Crippen molar-refractivity contribution in [1.29, 1.82) is 0 Å². The molecule has 1 saturated heterocycles. The number of morpholine rings is 1. The van der Waals surface area contributed by atoms with E-state index in [2.05, 4.69) is 38.8 Å². The van der Waals surface area contributed by atoms with E-state index in [0.717, 1.165) is 34.7 Å². The maximum atomic E-state index is 6.10. The van der Waals surface area contributed by atoms with Crippen molar-refractivity contribution in [2.45, 2.75) is 25.6 Å². The lowest BCUT2D eigenvalue weighted by Crippen LogP contribution is -2.42. The van der Waals surface area contributed by atoms with Gasteiger partial charge in [-0.3, -0.25) is 0 Å². The molecule has 0 radical (unpaired) electrons. The zero-order valence-corrected chi connectivity index (χ0v) is 16.2. The zero-order chi connectivity index (χ0) is 17.2. The first-order chi connectivity index (χ1) is 12.2. The molecule has 130 valence electrons. The average Bonchev–Trinajstić information content (AvgIpc) is 3.28. The Balaban J connectivity index is 1.48. The van der Waals surface area contributed by atoms with Gasteiger partial charge in [-0.25, -0.2) is 0 Å². The normalized spacial score (nSPS) is 20.8. The van der Waals surface area contributed by atoms with E-state index in [4.69, 9.17) is 16.3 Å². The highest BCUT2D eigenvalue weighted by atomic mass is 35.5. The summed E-state index contributed by atoms with van der Waals surface area (Å²) < 4.78 is 6.10. The molecule has 0 spiro atoms. The van der Waals surface area contributed by atoms with Crippen molar-refractivity contribution in [1.82, 2.24) is 10.2 Å². The summed E-state index contributed by atoms with van der Waals surface area (Å²) in [5.74, 6) is 0. The first-order valence-electron chi connectivity index (χ1n) is 8.16. The maximum absolute atomic E-state index is 6.10. The van der Waals surface area contributed by atoms with E-state index < -0.39 is 0 Å². The number of rotatable bonds is 4. The van der Waals surface area contributed by atoms with E-state index in [1.165, 1.54) is 11.1 Å². The van der Waals surface area contributed by atoms with Gasteiger partial charge in [0.05, 0.1) is 12.6 Å². The Hall–Kier alpha value is -1.47. The number of anilines is 1. The first kappa shape index (κ1) is 17.0. The van der Waals surface area contributed by atoms with E-state index in [-0.39, 0.29) is 12.2 Å². The van der Waals surface area contributed by atoms with Crippen LogP contribution in [0.3, 0.4) is 0 Å². The van der Waals surface area contributed by atoms with Crippen molar-refractivity contribution in [2.24, 2.45) is 0 Å². The van der Waals surface area contributed by atoms with Crippen molar-refractivity contribution in [3.63, 3.8) is 0 Å². The van der Waals surface area contributed by atoms with Crippen molar-refractivity contribution >= 4 is 39.4 Å². The lowest BCUT2D eigenvalue weighted by molar-refractivity contribution is -0.0172. The monoisotopic (exact) mass is 391 g/mol. The Morgan fingerprint density at radius 3 is 2.80 bits per heavy atom. The van der Waals surface area contributed by atoms with Gasteiger partial charge >= 0.3 is 0 Å². The standard InChI is InChI=1S/C18H18ClN3OS2/c1-12-9-22(10-16(23-12)14-6-7-24-11-14)18-21-20-17(25-18)8-13-2-4-15(19)5-3-13/h2-7,11-12,16H,8-10H2,1H3. The molecular weight excluding hydrogens is 374 g/mol. The van der Waals surface area contributed by atoms with Gasteiger partial charge in [-0.05, 0) is 47.0 Å². The summed E-state index contributed by atoms with van der Waals surface area (Å²) in [6.07, 6.45) is 1.05. The summed E-state index contributed by atoms with van der Waals surface area (Å²) in [7, 11) is 0. The molecule has 1 aliphatic rings.